The van der Waals surface area contributed by atoms with Gasteiger partial charge in [-0.15, -0.1) is 0 Å². The average molecular weight is 312 g/mol. The molecule has 1 saturated carbocycles. The molecule has 0 bridgehead atoms. The van der Waals surface area contributed by atoms with Crippen LogP contribution in [0.25, 0.3) is 0 Å². The Morgan fingerprint density at radius 3 is 2.78 bits per heavy atom. The van der Waals surface area contributed by atoms with Crippen LogP contribution in [0.15, 0.2) is 35.5 Å². The molecule has 5 rings (SSSR count). The number of hydrogen-bond acceptors (Lipinski definition) is 2. The largest absolute Gasteiger partial charge is 0.377 e. The Morgan fingerprint density at radius 1 is 1.22 bits per heavy atom. The van der Waals surface area contributed by atoms with E-state index in [-0.39, 0.29) is 11.0 Å². The van der Waals surface area contributed by atoms with E-state index in [1.165, 1.54) is 31.3 Å². The third-order valence-electron chi connectivity index (χ3n) is 8.10. The predicted octanol–water partition coefficient (Wildman–Crippen LogP) is 4.43. The van der Waals surface area contributed by atoms with Crippen molar-refractivity contribution in [3.8, 4) is 0 Å². The number of epoxide rings is 1. The maximum Gasteiger partial charge on any atom is 0.0975 e. The second-order valence-electron chi connectivity index (χ2n) is 8.86. The van der Waals surface area contributed by atoms with Crippen LogP contribution in [0.4, 0.5) is 0 Å². The number of rotatable bonds is 1. The quantitative estimate of drug-likeness (QED) is 0.528. The van der Waals surface area contributed by atoms with E-state index >= 15 is 0 Å². The van der Waals surface area contributed by atoms with E-state index in [9.17, 15) is 0 Å². The minimum Gasteiger partial charge on any atom is -0.377 e. The van der Waals surface area contributed by atoms with Crippen molar-refractivity contribution >= 4 is 0 Å². The molecule has 0 amide bonds. The first-order valence-corrected chi connectivity index (χ1v) is 9.30. The van der Waals surface area contributed by atoms with Gasteiger partial charge >= 0.3 is 0 Å². The van der Waals surface area contributed by atoms with Crippen LogP contribution >= 0.6 is 0 Å². The normalized spacial score (nSPS) is 53.3. The Balaban J connectivity index is 1.57. The SMILES string of the molecule is COC1C=C2C=CC3C(=CCC4(C)C3CC[C@@]43CO3)C2(C)CC1. The van der Waals surface area contributed by atoms with Gasteiger partial charge in [-0.05, 0) is 43.6 Å². The van der Waals surface area contributed by atoms with Crippen molar-refractivity contribution in [2.75, 3.05) is 13.7 Å². The van der Waals surface area contributed by atoms with Crippen molar-refractivity contribution in [3.05, 3.63) is 35.5 Å². The molecule has 5 aliphatic rings. The van der Waals surface area contributed by atoms with Gasteiger partial charge in [0.1, 0.15) is 0 Å². The Kier molecular flexibility index (Phi) is 2.77. The molecule has 6 atom stereocenters. The van der Waals surface area contributed by atoms with Gasteiger partial charge in [-0.3, -0.25) is 0 Å². The molecule has 23 heavy (non-hydrogen) atoms. The fourth-order valence-electron chi connectivity index (χ4n) is 6.30. The lowest BCUT2D eigenvalue weighted by atomic mass is 9.53. The van der Waals surface area contributed by atoms with Gasteiger partial charge in [0.15, 0.2) is 0 Å². The molecule has 0 aromatic heterocycles. The van der Waals surface area contributed by atoms with Gasteiger partial charge < -0.3 is 9.47 Å². The van der Waals surface area contributed by atoms with Crippen LogP contribution in [-0.4, -0.2) is 25.4 Å². The molecule has 5 unspecified atom stereocenters. The Labute approximate surface area is 139 Å². The van der Waals surface area contributed by atoms with Crippen LogP contribution in [0.5, 0.6) is 0 Å². The first-order valence-electron chi connectivity index (χ1n) is 9.30. The third-order valence-corrected chi connectivity index (χ3v) is 8.10. The summed E-state index contributed by atoms with van der Waals surface area (Å²) in [5.74, 6) is 1.39. The van der Waals surface area contributed by atoms with Crippen molar-refractivity contribution in [3.63, 3.8) is 0 Å². The molecule has 0 aromatic carbocycles. The highest BCUT2D eigenvalue weighted by atomic mass is 16.6. The van der Waals surface area contributed by atoms with Gasteiger partial charge in [-0.25, -0.2) is 0 Å². The Bertz CT molecular complexity index is 638. The van der Waals surface area contributed by atoms with Gasteiger partial charge in [-0.1, -0.05) is 43.7 Å². The fourth-order valence-corrected chi connectivity index (χ4v) is 6.30. The minimum absolute atomic E-state index is 0.221. The Hall–Kier alpha value is -0.860. The van der Waals surface area contributed by atoms with E-state index < -0.39 is 0 Å². The molecule has 124 valence electrons. The first-order chi connectivity index (χ1) is 11.0. The summed E-state index contributed by atoms with van der Waals surface area (Å²) >= 11 is 0. The second-order valence-corrected chi connectivity index (χ2v) is 8.86. The number of allylic oxidation sites excluding steroid dienone is 5. The molecule has 0 radical (unpaired) electrons. The van der Waals surface area contributed by atoms with Crippen molar-refractivity contribution in [1.82, 2.24) is 0 Å². The summed E-state index contributed by atoms with van der Waals surface area (Å²) < 4.78 is 11.6. The lowest BCUT2D eigenvalue weighted by Crippen LogP contribution is -2.45. The summed E-state index contributed by atoms with van der Waals surface area (Å²) in [6.07, 6.45) is 16.3. The highest BCUT2D eigenvalue weighted by Gasteiger charge is 2.68. The summed E-state index contributed by atoms with van der Waals surface area (Å²) in [7, 11) is 1.83. The van der Waals surface area contributed by atoms with E-state index in [0.29, 0.717) is 17.4 Å². The minimum atomic E-state index is 0.221. The van der Waals surface area contributed by atoms with Crippen molar-refractivity contribution in [2.24, 2.45) is 22.7 Å². The van der Waals surface area contributed by atoms with Gasteiger partial charge in [-0.2, -0.15) is 0 Å². The molecule has 1 heterocycles. The lowest BCUT2D eigenvalue weighted by molar-refractivity contribution is 0.0755. The topological polar surface area (TPSA) is 21.8 Å². The maximum absolute atomic E-state index is 5.99. The van der Waals surface area contributed by atoms with Crippen LogP contribution in [0, 0.1) is 22.7 Å². The number of fused-ring (bicyclic) bond motifs is 6. The van der Waals surface area contributed by atoms with E-state index in [1.54, 1.807) is 5.57 Å². The molecule has 2 nitrogen and oxygen atoms in total. The standard InChI is InChI=1S/C21H28O2/c1-19-9-6-15(22-3)12-14(19)4-5-16-17(19)7-10-20(2)18(16)8-11-21(20)13-23-21/h4-5,7,12,15-16,18H,6,8-11,13H2,1-3H3/t15?,16?,18?,19?,20?,21-/m1/s1. The molecule has 4 aliphatic carbocycles. The van der Waals surface area contributed by atoms with Crippen molar-refractivity contribution in [1.29, 1.82) is 0 Å². The molecule has 1 aliphatic heterocycles. The molecular weight excluding hydrogens is 284 g/mol. The predicted molar refractivity (Wildman–Crippen MR) is 91.1 cm³/mol. The highest BCUT2D eigenvalue weighted by Crippen LogP contribution is 2.68. The zero-order chi connectivity index (χ0) is 15.9. The number of hydrogen-bond donors (Lipinski definition) is 0. The summed E-state index contributed by atoms with van der Waals surface area (Å²) in [4.78, 5) is 0. The van der Waals surface area contributed by atoms with E-state index in [1.807, 2.05) is 7.11 Å². The molecule has 2 heteroatoms. The lowest BCUT2D eigenvalue weighted by Gasteiger charge is -2.51. The van der Waals surface area contributed by atoms with E-state index in [4.69, 9.17) is 9.47 Å². The summed E-state index contributed by atoms with van der Waals surface area (Å²) in [6, 6.07) is 0. The average Bonchev–Trinajstić information content (AvgIpc) is 3.28. The van der Waals surface area contributed by atoms with Gasteiger partial charge in [0.2, 0.25) is 0 Å². The van der Waals surface area contributed by atoms with Crippen molar-refractivity contribution in [2.45, 2.75) is 57.7 Å². The molecule has 1 saturated heterocycles. The summed E-state index contributed by atoms with van der Waals surface area (Å²) in [6.45, 7) is 5.96. The van der Waals surface area contributed by atoms with Crippen LogP contribution in [0.3, 0.4) is 0 Å². The molecular formula is C21H28O2. The van der Waals surface area contributed by atoms with Crippen LogP contribution < -0.4 is 0 Å². The van der Waals surface area contributed by atoms with Gasteiger partial charge in [0.05, 0.1) is 18.3 Å². The van der Waals surface area contributed by atoms with Crippen molar-refractivity contribution < 1.29 is 9.47 Å². The zero-order valence-corrected chi connectivity index (χ0v) is 14.6. The van der Waals surface area contributed by atoms with E-state index in [2.05, 4.69) is 38.2 Å². The monoisotopic (exact) mass is 312 g/mol. The maximum atomic E-state index is 5.99. The fraction of sp³-hybridized carbons (Fsp3) is 0.714. The van der Waals surface area contributed by atoms with Gasteiger partial charge in [0, 0.05) is 23.9 Å². The summed E-state index contributed by atoms with van der Waals surface area (Å²) in [5.41, 5.74) is 3.99. The zero-order valence-electron chi connectivity index (χ0n) is 14.6. The highest BCUT2D eigenvalue weighted by molar-refractivity contribution is 5.47. The van der Waals surface area contributed by atoms with Crippen LogP contribution in [0.1, 0.15) is 46.0 Å². The molecule has 2 fully saturated rings. The first kappa shape index (κ1) is 14.5. The number of methoxy groups -OCH3 is 1. The summed E-state index contributed by atoms with van der Waals surface area (Å²) in [5, 5.41) is 0. The molecule has 0 N–H and O–H groups in total. The van der Waals surface area contributed by atoms with Gasteiger partial charge in [0.25, 0.3) is 0 Å². The molecule has 0 aromatic rings. The third kappa shape index (κ3) is 1.67. The smallest absolute Gasteiger partial charge is 0.0975 e. The van der Waals surface area contributed by atoms with Crippen LogP contribution in [-0.2, 0) is 9.47 Å². The Morgan fingerprint density at radius 2 is 2.04 bits per heavy atom. The van der Waals surface area contributed by atoms with E-state index in [0.717, 1.165) is 18.9 Å². The number of ether oxygens (including phenoxy) is 2. The molecule has 1 spiro atoms. The van der Waals surface area contributed by atoms with Crippen LogP contribution in [0.2, 0.25) is 0 Å². The second kappa shape index (κ2) is 4.40.